The van der Waals surface area contributed by atoms with Crippen molar-refractivity contribution in [2.75, 3.05) is 19.1 Å². The zero-order valence-electron chi connectivity index (χ0n) is 22.9. The quantitative estimate of drug-likeness (QED) is 0.129. The Hall–Kier alpha value is -4.15. The minimum atomic E-state index is -3.69. The number of carbonyl (C=O) groups is 1. The molecule has 1 aliphatic rings. The number of epoxide rings is 1. The first-order chi connectivity index (χ1) is 18.8. The molecule has 0 amide bonds. The number of benzene rings is 2. The second-order valence-electron chi connectivity index (χ2n) is 10.1. The van der Waals surface area contributed by atoms with Gasteiger partial charge in [-0.15, -0.1) is 0 Å². The largest absolute Gasteiger partial charge is 0.363 e. The predicted molar refractivity (Wildman–Crippen MR) is 157 cm³/mol. The lowest BCUT2D eigenvalue weighted by atomic mass is 10.1. The first-order valence-corrected chi connectivity index (χ1v) is 15.6. The molecule has 0 spiro atoms. The van der Waals surface area contributed by atoms with Gasteiger partial charge in [0.15, 0.2) is 5.78 Å². The van der Waals surface area contributed by atoms with Crippen LogP contribution < -0.4 is 0 Å². The summed E-state index contributed by atoms with van der Waals surface area (Å²) in [6, 6.07) is 8.62. The van der Waals surface area contributed by atoms with Gasteiger partial charge in [0.2, 0.25) is 20.0 Å². The smallest absolute Gasteiger partial charge is 0.273 e. The Morgan fingerprint density at radius 3 is 1.60 bits per heavy atom. The Kier molecular flexibility index (Phi) is 8.17. The lowest BCUT2D eigenvalue weighted by Gasteiger charge is -2.11. The number of ketones is 1. The highest BCUT2D eigenvalue weighted by atomic mass is 32.2. The summed E-state index contributed by atoms with van der Waals surface area (Å²) in [6.07, 6.45) is 2.09. The van der Waals surface area contributed by atoms with Crippen LogP contribution >= 0.6 is 0 Å². The normalized spacial score (nSPS) is 16.4. The number of rotatable bonds is 6. The van der Waals surface area contributed by atoms with Crippen molar-refractivity contribution >= 4 is 59.0 Å². The van der Waals surface area contributed by atoms with E-state index in [1.54, 1.807) is 19.9 Å². The average Bonchev–Trinajstić information content (AvgIpc) is 3.28. The predicted octanol–water partition coefficient (Wildman–Crippen LogP) is 4.42. The first kappa shape index (κ1) is 32.4. The van der Waals surface area contributed by atoms with Gasteiger partial charge in [0.25, 0.3) is 11.4 Å². The molecule has 1 fully saturated rings. The molecule has 4 aromatic rings. The SMILES string of the molecule is C.CC(=O)c1cc2cc([N+](=O)[O-])c(C)cc2n1S(C)(=O)=O.Cc1cc2c(cc1[N+](=O)[O-])cc(C1(C)CO1)n2S(C)(=O)=O. The molecule has 1 saturated heterocycles. The second kappa shape index (κ2) is 10.6. The molecular weight excluding hydrogens is 592 g/mol. The Labute approximate surface area is 241 Å². The van der Waals surface area contributed by atoms with Crippen molar-refractivity contribution in [3.05, 3.63) is 79.1 Å². The van der Waals surface area contributed by atoms with Gasteiger partial charge in [0.05, 0.1) is 45.7 Å². The molecular formula is C26H30N4O10S2. The number of hydrogen-bond acceptors (Lipinski definition) is 10. The van der Waals surface area contributed by atoms with Crippen LogP contribution in [0.25, 0.3) is 21.8 Å². The first-order valence-electron chi connectivity index (χ1n) is 11.9. The van der Waals surface area contributed by atoms with Crippen molar-refractivity contribution in [1.82, 2.24) is 7.94 Å². The maximum absolute atomic E-state index is 12.1. The fraction of sp³-hybridized carbons (Fsp3) is 0.346. The van der Waals surface area contributed by atoms with Crippen molar-refractivity contribution in [2.45, 2.75) is 40.7 Å². The average molecular weight is 623 g/mol. The molecule has 1 aliphatic heterocycles. The molecule has 2 aromatic carbocycles. The summed E-state index contributed by atoms with van der Waals surface area (Å²) in [5.41, 5.74) is 1.16. The van der Waals surface area contributed by atoms with E-state index in [1.165, 1.54) is 48.2 Å². The summed E-state index contributed by atoms with van der Waals surface area (Å²) in [6.45, 7) is 6.58. The number of Topliss-reactive ketones (excluding diaryl/α,β-unsaturated/α-hetero) is 1. The van der Waals surface area contributed by atoms with Crippen LogP contribution in [0.2, 0.25) is 0 Å². The van der Waals surface area contributed by atoms with E-state index in [9.17, 15) is 41.9 Å². The summed E-state index contributed by atoms with van der Waals surface area (Å²) >= 11 is 0. The van der Waals surface area contributed by atoms with Crippen LogP contribution in [-0.4, -0.2) is 59.5 Å². The number of nitrogens with zero attached hydrogens (tertiary/aromatic N) is 4. The Balaban J connectivity index is 0.000000225. The summed E-state index contributed by atoms with van der Waals surface area (Å²) in [5.74, 6) is -0.424. The third-order valence-corrected chi connectivity index (χ3v) is 8.80. The minimum Gasteiger partial charge on any atom is -0.363 e. The van der Waals surface area contributed by atoms with Crippen molar-refractivity contribution in [2.24, 2.45) is 0 Å². The molecule has 42 heavy (non-hydrogen) atoms. The molecule has 5 rings (SSSR count). The lowest BCUT2D eigenvalue weighted by molar-refractivity contribution is -0.385. The maximum atomic E-state index is 12.1. The number of carbonyl (C=O) groups excluding carboxylic acids is 1. The van der Waals surface area contributed by atoms with Crippen LogP contribution in [0.15, 0.2) is 36.4 Å². The van der Waals surface area contributed by atoms with E-state index in [0.29, 0.717) is 39.7 Å². The molecule has 0 aliphatic carbocycles. The number of aromatic nitrogens is 2. The molecule has 1 atom stereocenters. The third kappa shape index (κ3) is 5.77. The number of ether oxygens (including phenoxy) is 1. The Morgan fingerprint density at radius 2 is 1.24 bits per heavy atom. The van der Waals surface area contributed by atoms with E-state index in [4.69, 9.17) is 4.74 Å². The maximum Gasteiger partial charge on any atom is 0.273 e. The van der Waals surface area contributed by atoms with Crippen molar-refractivity contribution in [3.63, 3.8) is 0 Å². The highest BCUT2D eigenvalue weighted by molar-refractivity contribution is 7.89. The van der Waals surface area contributed by atoms with Gasteiger partial charge in [-0.2, -0.15) is 0 Å². The van der Waals surface area contributed by atoms with E-state index in [2.05, 4.69) is 0 Å². The van der Waals surface area contributed by atoms with E-state index >= 15 is 0 Å². The zero-order chi connectivity index (χ0) is 30.8. The van der Waals surface area contributed by atoms with Crippen LogP contribution in [-0.2, 0) is 30.4 Å². The fourth-order valence-corrected chi connectivity index (χ4v) is 6.80. The topological polar surface area (TPSA) is 194 Å². The highest BCUT2D eigenvalue weighted by Crippen LogP contribution is 2.42. The van der Waals surface area contributed by atoms with Crippen LogP contribution in [0.3, 0.4) is 0 Å². The van der Waals surface area contributed by atoms with E-state index in [1.807, 2.05) is 0 Å². The van der Waals surface area contributed by atoms with E-state index in [0.717, 1.165) is 16.5 Å². The zero-order valence-corrected chi connectivity index (χ0v) is 24.5. The Morgan fingerprint density at radius 1 is 0.833 bits per heavy atom. The molecule has 0 N–H and O–H groups in total. The second-order valence-corrected chi connectivity index (χ2v) is 13.8. The number of aryl methyl sites for hydroxylation is 2. The molecule has 0 radical (unpaired) electrons. The van der Waals surface area contributed by atoms with Crippen molar-refractivity contribution in [3.8, 4) is 0 Å². The molecule has 0 bridgehead atoms. The number of hydrogen-bond donors (Lipinski definition) is 0. The molecule has 3 heterocycles. The summed E-state index contributed by atoms with van der Waals surface area (Å²) in [5, 5.41) is 22.8. The number of nitro groups is 2. The van der Waals surface area contributed by atoms with E-state index < -0.39 is 41.3 Å². The number of nitro benzene ring substituents is 2. The molecule has 226 valence electrons. The van der Waals surface area contributed by atoms with Gasteiger partial charge < -0.3 is 4.74 Å². The van der Waals surface area contributed by atoms with Crippen molar-refractivity contribution < 1.29 is 36.2 Å². The van der Waals surface area contributed by atoms with Crippen LogP contribution in [0.5, 0.6) is 0 Å². The van der Waals surface area contributed by atoms with Gasteiger partial charge in [-0.3, -0.25) is 25.0 Å². The van der Waals surface area contributed by atoms with Crippen molar-refractivity contribution in [1.29, 1.82) is 0 Å². The van der Waals surface area contributed by atoms with E-state index in [-0.39, 0.29) is 30.0 Å². The Bertz CT molecular complexity index is 2020. The molecule has 1 unspecified atom stereocenters. The molecule has 16 heteroatoms. The van der Waals surface area contributed by atoms with Crippen LogP contribution in [0, 0.1) is 34.1 Å². The van der Waals surface area contributed by atoms with Gasteiger partial charge in [-0.25, -0.2) is 24.8 Å². The minimum absolute atomic E-state index is 0. The third-order valence-electron chi connectivity index (χ3n) is 6.69. The van der Waals surface area contributed by atoms with Gasteiger partial charge >= 0.3 is 0 Å². The highest BCUT2D eigenvalue weighted by Gasteiger charge is 2.45. The summed E-state index contributed by atoms with van der Waals surface area (Å²) < 4.78 is 55.4. The standard InChI is InChI=1S/C13H14N2O5S.C12H12N2O5S.CH4/c1-8-4-11-9(5-10(8)15(16)17)6-12(13(2)7-20-13)14(11)21(3,18)19;1-7-4-12-9(5-10(7)14(16)17)6-11(8(2)15)13(12)20(3,18)19;/h4-6H,7H2,1-3H3;4-6H,1-3H3;1H4. The summed E-state index contributed by atoms with van der Waals surface area (Å²) in [4.78, 5) is 32.5. The number of fused-ring (bicyclic) bond motifs is 2. The monoisotopic (exact) mass is 622 g/mol. The van der Waals surface area contributed by atoms with Gasteiger partial charge in [-0.05, 0) is 45.0 Å². The summed E-state index contributed by atoms with van der Waals surface area (Å²) in [7, 11) is -7.23. The fourth-order valence-electron chi connectivity index (χ4n) is 4.63. The van der Waals surface area contributed by atoms with Crippen LogP contribution in [0.1, 0.15) is 48.6 Å². The molecule has 0 saturated carbocycles. The molecule has 14 nitrogen and oxygen atoms in total. The lowest BCUT2D eigenvalue weighted by Crippen LogP contribution is -2.18. The molecule has 2 aromatic heterocycles. The van der Waals surface area contributed by atoms with Gasteiger partial charge in [0.1, 0.15) is 11.3 Å². The van der Waals surface area contributed by atoms with Gasteiger partial charge in [-0.1, -0.05) is 7.43 Å². The van der Waals surface area contributed by atoms with Gasteiger partial charge in [0, 0.05) is 41.0 Å². The van der Waals surface area contributed by atoms with Crippen LogP contribution in [0.4, 0.5) is 11.4 Å².